The fourth-order valence-corrected chi connectivity index (χ4v) is 6.59. The van der Waals surface area contributed by atoms with Gasteiger partial charge in [-0.15, -0.1) is 20.3 Å². The number of amides is 2. The highest BCUT2D eigenvalue weighted by Crippen LogP contribution is 2.33. The molecule has 21 heteroatoms. The van der Waals surface area contributed by atoms with Crippen LogP contribution in [0.5, 0.6) is 5.75 Å². The monoisotopic (exact) mass is 750 g/mol. The Morgan fingerprint density at radius 1 is 1.27 bits per heavy atom. The molecule has 2 aliphatic heterocycles. The molecule has 2 fully saturated rings. The van der Waals surface area contributed by atoms with Crippen molar-refractivity contribution in [2.45, 2.75) is 57.5 Å². The number of benzene rings is 1. The zero-order chi connectivity index (χ0) is 36.9. The Balaban J connectivity index is 1.25. The number of nitrogens with two attached hydrogens (primary N) is 2. The van der Waals surface area contributed by atoms with Crippen LogP contribution in [-0.2, 0) is 47.0 Å². The van der Waals surface area contributed by atoms with E-state index in [1.54, 1.807) is 12.1 Å². The van der Waals surface area contributed by atoms with Crippen LogP contribution in [0, 0.1) is 5.92 Å². The fraction of sp³-hybridized carbons (Fsp3) is 0.467. The summed E-state index contributed by atoms with van der Waals surface area (Å²) in [6.45, 7) is 6.50. The van der Waals surface area contributed by atoms with Crippen LogP contribution < -0.4 is 31.5 Å². The highest BCUT2D eigenvalue weighted by molar-refractivity contribution is 7.80. The molecule has 8 N–H and O–H groups in total. The van der Waals surface area contributed by atoms with E-state index < -0.39 is 58.2 Å². The number of hydrogen-bond acceptors (Lipinski definition) is 14. The number of carbonyl (C=O) groups is 3. The second-order valence-corrected chi connectivity index (χ2v) is 14.4. The average molecular weight is 751 g/mol. The minimum atomic E-state index is -5.02. The summed E-state index contributed by atoms with van der Waals surface area (Å²) in [6.07, 6.45) is 4.47. The molecule has 0 aliphatic carbocycles. The lowest BCUT2D eigenvalue weighted by molar-refractivity contribution is -0.780. The zero-order valence-corrected chi connectivity index (χ0v) is 29.4. The lowest BCUT2D eigenvalue weighted by Crippen LogP contribution is -2.76. The molecular formula is C30H40N9O10S2+. The standard InChI is InChI=1S/C30H39N9O10S2/c1-30(2)25(27(41)39(30)49-51(44,45)46)35-26(40)24(22-17-50-29(32)34-22)36-48-23(28(42)43)16-47-21-6-4-19(5-7-21)20-14-37(11-3-9-31)38(15-20)13-18-8-10-33-12-18/h4-7,14-15,17-18,23,25,33H,3,8-13,16,31H2,1-2H3,(H4-,32,34,35,40,42,43,44,45,46)/p+1/b36-24-/t18-,23+,25-/m1/s1. The quantitative estimate of drug-likeness (QED) is 0.0335. The van der Waals surface area contributed by atoms with Gasteiger partial charge in [-0.2, -0.15) is 18.2 Å². The van der Waals surface area contributed by atoms with Crippen molar-refractivity contribution in [2.24, 2.45) is 16.8 Å². The van der Waals surface area contributed by atoms with Crippen molar-refractivity contribution in [3.8, 4) is 16.9 Å². The molecule has 4 heterocycles. The third-order valence-electron chi connectivity index (χ3n) is 8.34. The second-order valence-electron chi connectivity index (χ2n) is 12.5. The first-order chi connectivity index (χ1) is 24.2. The number of rotatable bonds is 17. The number of nitrogen functional groups attached to an aromatic ring is 1. The number of carbonyl (C=O) groups excluding carboxylic acids is 2. The normalized spacial score (nSPS) is 19.4. The highest BCUT2D eigenvalue weighted by Gasteiger charge is 2.58. The van der Waals surface area contributed by atoms with Crippen molar-refractivity contribution in [3.05, 3.63) is 47.7 Å². The van der Waals surface area contributed by atoms with Crippen LogP contribution in [0.3, 0.4) is 0 Å². The Labute approximate surface area is 297 Å². The zero-order valence-electron chi connectivity index (χ0n) is 27.8. The first-order valence-corrected chi connectivity index (χ1v) is 18.1. The molecular weight excluding hydrogens is 711 g/mol. The molecule has 1 aromatic carbocycles. The number of aromatic nitrogens is 3. The number of carboxylic acid groups (broad SMARTS) is 1. The fourth-order valence-electron chi connectivity index (χ4n) is 5.59. The van der Waals surface area contributed by atoms with E-state index in [0.717, 1.165) is 61.5 Å². The van der Waals surface area contributed by atoms with Gasteiger partial charge in [0.1, 0.15) is 24.1 Å². The number of β-lactam (4-membered cyclic amide) rings is 1. The van der Waals surface area contributed by atoms with Crippen LogP contribution in [0.25, 0.3) is 11.1 Å². The van der Waals surface area contributed by atoms with E-state index in [1.165, 1.54) is 19.2 Å². The summed E-state index contributed by atoms with van der Waals surface area (Å²) in [7, 11) is -5.02. The van der Waals surface area contributed by atoms with Gasteiger partial charge >= 0.3 is 16.4 Å². The van der Waals surface area contributed by atoms with Gasteiger partial charge in [0.25, 0.3) is 17.9 Å². The van der Waals surface area contributed by atoms with E-state index in [9.17, 15) is 27.9 Å². The first kappa shape index (κ1) is 37.6. The number of thiazole rings is 1. The Kier molecular flexibility index (Phi) is 11.6. The molecule has 5 rings (SSSR count). The Bertz CT molecular complexity index is 1870. The highest BCUT2D eigenvalue weighted by atomic mass is 32.3. The van der Waals surface area contributed by atoms with E-state index in [-0.39, 0.29) is 10.8 Å². The lowest BCUT2D eigenvalue weighted by atomic mass is 9.84. The molecule has 276 valence electrons. The second kappa shape index (κ2) is 15.7. The topological polar surface area (TPSA) is 267 Å². The Morgan fingerprint density at radius 2 is 2.02 bits per heavy atom. The van der Waals surface area contributed by atoms with Crippen molar-refractivity contribution >= 4 is 50.4 Å². The number of anilines is 1. The summed E-state index contributed by atoms with van der Waals surface area (Å²) in [6, 6.07) is 5.78. The number of nitrogens with zero attached hydrogens (tertiary/aromatic N) is 5. The van der Waals surface area contributed by atoms with Crippen LogP contribution in [0.15, 0.2) is 47.2 Å². The predicted molar refractivity (Wildman–Crippen MR) is 181 cm³/mol. The number of hydroxylamine groups is 2. The van der Waals surface area contributed by atoms with Crippen molar-refractivity contribution in [2.75, 3.05) is 32.0 Å². The molecule has 0 radical (unpaired) electrons. The van der Waals surface area contributed by atoms with Crippen LogP contribution >= 0.6 is 11.3 Å². The summed E-state index contributed by atoms with van der Waals surface area (Å²) < 4.78 is 45.6. The third-order valence-corrected chi connectivity index (χ3v) is 9.35. The molecule has 2 amide bonds. The van der Waals surface area contributed by atoms with E-state index in [1.807, 2.05) is 12.1 Å². The van der Waals surface area contributed by atoms with Crippen molar-refractivity contribution in [3.63, 3.8) is 0 Å². The van der Waals surface area contributed by atoms with E-state index >= 15 is 0 Å². The van der Waals surface area contributed by atoms with Crippen LogP contribution in [0.4, 0.5) is 5.13 Å². The summed E-state index contributed by atoms with van der Waals surface area (Å²) in [4.78, 5) is 47.1. The number of aliphatic carboxylic acids is 1. The summed E-state index contributed by atoms with van der Waals surface area (Å²) in [5.74, 6) is -2.54. The molecule has 2 saturated heterocycles. The molecule has 0 saturated carbocycles. The van der Waals surface area contributed by atoms with Gasteiger partial charge in [-0.05, 0) is 57.5 Å². The molecule has 2 aliphatic rings. The lowest BCUT2D eigenvalue weighted by Gasteiger charge is -2.50. The van der Waals surface area contributed by atoms with Gasteiger partial charge in [0.15, 0.2) is 17.4 Å². The number of oxime groups is 1. The Morgan fingerprint density at radius 3 is 2.61 bits per heavy atom. The maximum atomic E-state index is 13.3. The molecule has 51 heavy (non-hydrogen) atoms. The number of aryl methyl sites for hydroxylation is 1. The van der Waals surface area contributed by atoms with Gasteiger partial charge in [0.2, 0.25) is 6.20 Å². The number of carboxylic acids is 1. The average Bonchev–Trinajstić information content (AvgIpc) is 3.85. The minimum Gasteiger partial charge on any atom is -0.489 e. The molecule has 0 spiro atoms. The van der Waals surface area contributed by atoms with Gasteiger partial charge in [0.05, 0.1) is 23.8 Å². The van der Waals surface area contributed by atoms with E-state index in [2.05, 4.69) is 46.8 Å². The van der Waals surface area contributed by atoms with Gasteiger partial charge in [-0.1, -0.05) is 17.3 Å². The van der Waals surface area contributed by atoms with Gasteiger partial charge < -0.3 is 36.8 Å². The van der Waals surface area contributed by atoms with Crippen molar-refractivity contribution < 1.29 is 51.0 Å². The van der Waals surface area contributed by atoms with Crippen molar-refractivity contribution in [1.29, 1.82) is 0 Å². The molecule has 2 aromatic heterocycles. The molecule has 0 unspecified atom stereocenters. The third kappa shape index (κ3) is 9.17. The number of nitrogens with one attached hydrogen (secondary N) is 2. The van der Waals surface area contributed by atoms with E-state index in [0.29, 0.717) is 23.3 Å². The van der Waals surface area contributed by atoms with Crippen LogP contribution in [-0.4, -0.2) is 100 Å². The van der Waals surface area contributed by atoms with Crippen molar-refractivity contribution in [1.82, 2.24) is 25.4 Å². The first-order valence-electron chi connectivity index (χ1n) is 15.9. The minimum absolute atomic E-state index is 0.0629. The number of ether oxygens (including phenoxy) is 1. The smallest absolute Gasteiger partial charge is 0.418 e. The van der Waals surface area contributed by atoms with Crippen LogP contribution in [0.2, 0.25) is 0 Å². The molecule has 19 nitrogen and oxygen atoms in total. The predicted octanol–water partition coefficient (Wildman–Crippen LogP) is -0.467. The van der Waals surface area contributed by atoms with Gasteiger partial charge in [-0.3, -0.25) is 14.1 Å². The maximum Gasteiger partial charge on any atom is 0.418 e. The van der Waals surface area contributed by atoms with E-state index in [4.69, 9.17) is 25.6 Å². The van der Waals surface area contributed by atoms with Gasteiger partial charge in [0, 0.05) is 17.8 Å². The van der Waals surface area contributed by atoms with Gasteiger partial charge in [-0.25, -0.2) is 9.78 Å². The Hall–Kier alpha value is -4.67. The molecule has 0 bridgehead atoms. The molecule has 3 aromatic rings. The summed E-state index contributed by atoms with van der Waals surface area (Å²) in [5.41, 5.74) is 11.4. The SMILES string of the molecule is CC1(C)[C@H](NC(=O)/C(=N\O[C@@H](COc2ccc(-c3cn(CCCN)[n+](C[C@@H]4CCNC4)c3)cc2)C(=O)O)c2csc(N)n2)C(=O)N1OS(=O)(=O)O. The van der Waals surface area contributed by atoms with Crippen LogP contribution in [0.1, 0.15) is 32.4 Å². The number of hydrogen-bond donors (Lipinski definition) is 6. The molecule has 3 atom stereocenters. The summed E-state index contributed by atoms with van der Waals surface area (Å²) in [5, 5.41) is 21.2. The maximum absolute atomic E-state index is 13.3. The largest absolute Gasteiger partial charge is 0.489 e. The summed E-state index contributed by atoms with van der Waals surface area (Å²) >= 11 is 0.965.